The van der Waals surface area contributed by atoms with E-state index >= 15 is 0 Å². The number of hydrogen-bond donors (Lipinski definition) is 1. The van der Waals surface area contributed by atoms with Crippen LogP contribution in [0.2, 0.25) is 0 Å². The first kappa shape index (κ1) is 9.39. The van der Waals surface area contributed by atoms with Crippen molar-refractivity contribution < 1.29 is 0 Å². The van der Waals surface area contributed by atoms with Crippen LogP contribution in [-0.4, -0.2) is 23.9 Å². The first-order valence-corrected chi connectivity index (χ1v) is 5.09. The standard InChI is InChI=1S/C8H8N2Se.H3N/c1-5-3-4-7-8(6(5)2)9-10-11-7;/h3-4H,1-2H3;1H3. The Labute approximate surface area is 77.4 Å². The number of hydrogen-bond acceptors (Lipinski definition) is 3. The fourth-order valence-corrected chi connectivity index (χ4v) is 2.38. The first-order chi connectivity index (χ1) is 5.29. The van der Waals surface area contributed by atoms with Crippen LogP contribution >= 0.6 is 0 Å². The molecule has 3 N–H and O–H groups in total. The number of rotatable bonds is 0. The molecule has 4 heteroatoms. The van der Waals surface area contributed by atoms with Gasteiger partial charge in [0.1, 0.15) is 0 Å². The third kappa shape index (κ3) is 1.29. The molecule has 0 spiro atoms. The van der Waals surface area contributed by atoms with Crippen molar-refractivity contribution in [1.29, 1.82) is 0 Å². The van der Waals surface area contributed by atoms with Crippen molar-refractivity contribution in [2.75, 3.05) is 0 Å². The molecule has 0 fully saturated rings. The number of benzene rings is 1. The monoisotopic (exact) mass is 229 g/mol. The maximum atomic E-state index is 4.11. The van der Waals surface area contributed by atoms with Gasteiger partial charge in [-0.2, -0.15) is 0 Å². The van der Waals surface area contributed by atoms with Crippen LogP contribution in [0.1, 0.15) is 11.1 Å². The quantitative estimate of drug-likeness (QED) is 0.694. The zero-order chi connectivity index (χ0) is 7.84. The van der Waals surface area contributed by atoms with Gasteiger partial charge in [-0.25, -0.2) is 0 Å². The van der Waals surface area contributed by atoms with Crippen molar-refractivity contribution in [3.05, 3.63) is 23.3 Å². The van der Waals surface area contributed by atoms with Crippen molar-refractivity contribution in [3.63, 3.8) is 0 Å². The zero-order valence-corrected chi connectivity index (χ0v) is 8.88. The second kappa shape index (κ2) is 3.35. The summed E-state index contributed by atoms with van der Waals surface area (Å²) in [7, 11) is 0. The van der Waals surface area contributed by atoms with Crippen molar-refractivity contribution >= 4 is 24.5 Å². The number of nitrogens with zero attached hydrogens (tertiary/aromatic N) is 2. The van der Waals surface area contributed by atoms with Crippen LogP contribution in [0.5, 0.6) is 0 Å². The third-order valence-corrected chi connectivity index (χ3v) is 3.39. The van der Waals surface area contributed by atoms with Gasteiger partial charge < -0.3 is 6.15 Å². The molecule has 0 amide bonds. The Morgan fingerprint density at radius 2 is 2.00 bits per heavy atom. The van der Waals surface area contributed by atoms with Crippen molar-refractivity contribution in [1.82, 2.24) is 15.3 Å². The molecule has 0 atom stereocenters. The molecule has 0 unspecified atom stereocenters. The van der Waals surface area contributed by atoms with Crippen LogP contribution in [0.3, 0.4) is 0 Å². The van der Waals surface area contributed by atoms with Gasteiger partial charge in [-0.05, 0) is 0 Å². The molecule has 2 rings (SSSR count). The molecule has 0 aliphatic heterocycles. The van der Waals surface area contributed by atoms with Gasteiger partial charge in [0.05, 0.1) is 0 Å². The second-order valence-electron chi connectivity index (χ2n) is 2.63. The summed E-state index contributed by atoms with van der Waals surface area (Å²) in [5.74, 6) is 0. The molecule has 1 aromatic carbocycles. The summed E-state index contributed by atoms with van der Waals surface area (Å²) in [5, 5.41) is 4.11. The van der Waals surface area contributed by atoms with Crippen LogP contribution < -0.4 is 6.15 Å². The van der Waals surface area contributed by atoms with Gasteiger partial charge in [0.25, 0.3) is 0 Å². The van der Waals surface area contributed by atoms with E-state index in [0.717, 1.165) is 5.52 Å². The Hall–Kier alpha value is -0.701. The Kier molecular flexibility index (Phi) is 2.62. The van der Waals surface area contributed by atoms with E-state index in [4.69, 9.17) is 0 Å². The molecule has 0 aliphatic rings. The molecule has 2 aromatic rings. The average molecular weight is 228 g/mol. The van der Waals surface area contributed by atoms with Crippen molar-refractivity contribution in [2.24, 2.45) is 0 Å². The van der Waals surface area contributed by atoms with E-state index in [2.05, 4.69) is 35.2 Å². The molecule has 64 valence electrons. The molecule has 0 aliphatic carbocycles. The van der Waals surface area contributed by atoms with Gasteiger partial charge in [0, 0.05) is 0 Å². The number of aromatic nitrogens is 2. The van der Waals surface area contributed by atoms with Gasteiger partial charge in [-0.15, -0.1) is 0 Å². The molecule has 1 aromatic heterocycles. The minimum Gasteiger partial charge on any atom is -0.344 e. The Balaban J connectivity index is 0.000000720. The summed E-state index contributed by atoms with van der Waals surface area (Å²) in [4.78, 5) is 0. The van der Waals surface area contributed by atoms with Gasteiger partial charge in [0.2, 0.25) is 0 Å². The van der Waals surface area contributed by atoms with E-state index in [1.54, 1.807) is 0 Å². The van der Waals surface area contributed by atoms with Gasteiger partial charge in [-0.1, -0.05) is 0 Å². The topological polar surface area (TPSA) is 60.8 Å². The molecule has 0 bridgehead atoms. The van der Waals surface area contributed by atoms with E-state index in [1.807, 2.05) is 0 Å². The minimum atomic E-state index is 0. The fraction of sp³-hybridized carbons (Fsp3) is 0.250. The average Bonchev–Trinajstić information content (AvgIpc) is 2.45. The minimum absolute atomic E-state index is 0. The van der Waals surface area contributed by atoms with Crippen LogP contribution in [0.4, 0.5) is 0 Å². The summed E-state index contributed by atoms with van der Waals surface area (Å²) < 4.78 is 5.36. The first-order valence-electron chi connectivity index (χ1n) is 3.47. The maximum Gasteiger partial charge on any atom is -0.344 e. The van der Waals surface area contributed by atoms with Crippen LogP contribution in [0, 0.1) is 13.8 Å². The fourth-order valence-electron chi connectivity index (χ4n) is 1.08. The molecular formula is C8H11N3Se. The second-order valence-corrected chi connectivity index (χ2v) is 4.28. The van der Waals surface area contributed by atoms with E-state index in [9.17, 15) is 0 Å². The van der Waals surface area contributed by atoms with Crippen molar-refractivity contribution in [2.45, 2.75) is 13.8 Å². The summed E-state index contributed by atoms with van der Waals surface area (Å²) in [5.41, 5.74) is 3.70. The molecule has 0 saturated carbocycles. The van der Waals surface area contributed by atoms with E-state index in [-0.39, 0.29) is 20.9 Å². The Bertz CT molecular complexity index is 394. The predicted octanol–water partition coefficient (Wildman–Crippen LogP) is 1.47. The molecule has 0 saturated heterocycles. The summed E-state index contributed by atoms with van der Waals surface area (Å²) in [6.45, 7) is 4.21. The van der Waals surface area contributed by atoms with Gasteiger partial charge in [-0.3, -0.25) is 0 Å². The van der Waals surface area contributed by atoms with Gasteiger partial charge >= 0.3 is 70.8 Å². The number of fused-ring (bicyclic) bond motifs is 1. The van der Waals surface area contributed by atoms with Crippen molar-refractivity contribution in [3.8, 4) is 0 Å². The summed E-state index contributed by atoms with van der Waals surface area (Å²) in [6, 6.07) is 4.28. The smallest absolute Gasteiger partial charge is 0.344 e. The number of aryl methyl sites for hydroxylation is 2. The Morgan fingerprint density at radius 3 is 2.75 bits per heavy atom. The molecular weight excluding hydrogens is 217 g/mol. The van der Waals surface area contributed by atoms with E-state index in [0.29, 0.717) is 0 Å². The Morgan fingerprint density at radius 1 is 1.25 bits per heavy atom. The SMILES string of the molecule is Cc1ccc2[se]nnc2c1C.N. The van der Waals surface area contributed by atoms with E-state index < -0.39 is 0 Å². The van der Waals surface area contributed by atoms with E-state index in [1.165, 1.54) is 15.4 Å². The predicted molar refractivity (Wildman–Crippen MR) is 51.0 cm³/mol. The molecule has 0 radical (unpaired) electrons. The molecule has 12 heavy (non-hydrogen) atoms. The molecule has 1 heterocycles. The molecule has 3 nitrogen and oxygen atoms in total. The van der Waals surface area contributed by atoms with Crippen LogP contribution in [-0.2, 0) is 0 Å². The summed E-state index contributed by atoms with van der Waals surface area (Å²) >= 11 is 0.244. The maximum absolute atomic E-state index is 4.11. The zero-order valence-electron chi connectivity index (χ0n) is 7.16. The normalized spacial score (nSPS) is 9.83. The van der Waals surface area contributed by atoms with Crippen LogP contribution in [0.25, 0.3) is 9.78 Å². The summed E-state index contributed by atoms with van der Waals surface area (Å²) in [6.07, 6.45) is 0. The van der Waals surface area contributed by atoms with Gasteiger partial charge in [0.15, 0.2) is 0 Å². The van der Waals surface area contributed by atoms with Crippen LogP contribution in [0.15, 0.2) is 12.1 Å². The third-order valence-electron chi connectivity index (χ3n) is 1.94. The largest absolute Gasteiger partial charge is 0.344 e.